The van der Waals surface area contributed by atoms with E-state index in [9.17, 15) is 22.4 Å². The Labute approximate surface area is 292 Å². The van der Waals surface area contributed by atoms with Crippen LogP contribution in [0.4, 0.5) is 10.2 Å². The van der Waals surface area contributed by atoms with Crippen LogP contribution in [0.15, 0.2) is 81.1 Å². The number of benzene rings is 3. The Kier molecular flexibility index (Phi) is 9.93. The molecule has 6 rings (SSSR count). The molecule has 12 heteroatoms. The number of amidine groups is 1. The third-order valence-electron chi connectivity index (χ3n) is 9.67. The number of sulfonamides is 1. The van der Waals surface area contributed by atoms with Crippen LogP contribution in [0.1, 0.15) is 84.7 Å². The maximum atomic E-state index is 14.1. The first-order chi connectivity index (χ1) is 23.9. The van der Waals surface area contributed by atoms with Gasteiger partial charge in [-0.1, -0.05) is 73.8 Å². The number of aliphatic imine (C=N–C) groups is 1. The normalized spacial score (nSPS) is 15.5. The lowest BCUT2D eigenvalue weighted by atomic mass is 9.95. The molecule has 10 nitrogen and oxygen atoms in total. The second-order valence-electron chi connectivity index (χ2n) is 13.2. The summed E-state index contributed by atoms with van der Waals surface area (Å²) < 4.78 is 49.5. The monoisotopic (exact) mass is 699 g/mol. The lowest BCUT2D eigenvalue weighted by Crippen LogP contribution is -2.40. The fourth-order valence-corrected chi connectivity index (χ4v) is 8.09. The molecule has 4 aromatic rings. The maximum Gasteiger partial charge on any atom is 0.263 e. The second kappa shape index (κ2) is 14.2. The molecule has 1 aliphatic carbocycles. The summed E-state index contributed by atoms with van der Waals surface area (Å²) in [5.41, 5.74) is 2.56. The zero-order valence-electron chi connectivity index (χ0n) is 28.8. The minimum atomic E-state index is -4.14. The van der Waals surface area contributed by atoms with Gasteiger partial charge in [-0.25, -0.2) is 12.8 Å². The van der Waals surface area contributed by atoms with Crippen molar-refractivity contribution in [1.82, 2.24) is 15.0 Å². The molecule has 0 unspecified atom stereocenters. The second-order valence-corrected chi connectivity index (χ2v) is 14.9. The maximum absolute atomic E-state index is 14.1. The van der Waals surface area contributed by atoms with Crippen LogP contribution < -0.4 is 4.72 Å². The molecule has 50 heavy (non-hydrogen) atoms. The molecule has 0 radical (unpaired) electrons. The Morgan fingerprint density at radius 2 is 1.80 bits per heavy atom. The molecular formula is C38H42FN5O5S. The first kappa shape index (κ1) is 35.0. The number of nitrogens with zero attached hydrogens (tertiary/aromatic N) is 4. The fraction of sp³-hybridized carbons (Fsp3) is 0.368. The van der Waals surface area contributed by atoms with Gasteiger partial charge in [-0.2, -0.15) is 0 Å². The van der Waals surface area contributed by atoms with Crippen LogP contribution in [0.2, 0.25) is 0 Å². The van der Waals surface area contributed by atoms with Crippen LogP contribution in [0.3, 0.4) is 0 Å². The lowest BCUT2D eigenvalue weighted by molar-refractivity contribution is -0.131. The van der Waals surface area contributed by atoms with Crippen molar-refractivity contribution in [3.8, 4) is 11.1 Å². The third-order valence-corrected chi connectivity index (χ3v) is 11.1. The largest absolute Gasteiger partial charge is 0.359 e. The van der Waals surface area contributed by atoms with E-state index in [1.54, 1.807) is 45.2 Å². The third kappa shape index (κ3) is 6.94. The van der Waals surface area contributed by atoms with Crippen molar-refractivity contribution in [3.63, 3.8) is 0 Å². The van der Waals surface area contributed by atoms with Crippen molar-refractivity contribution in [2.24, 2.45) is 4.99 Å². The molecule has 1 spiro atoms. The Hall–Kier alpha value is -4.84. The number of halogens is 1. The van der Waals surface area contributed by atoms with E-state index < -0.39 is 27.3 Å². The van der Waals surface area contributed by atoms with Crippen LogP contribution in [-0.2, 0) is 27.9 Å². The molecule has 1 N–H and O–H groups in total. The molecule has 1 aliphatic heterocycles. The number of unbranched alkanes of at least 4 members (excludes halogenated alkanes) is 1. The highest BCUT2D eigenvalue weighted by Crippen LogP contribution is 2.40. The molecule has 0 bridgehead atoms. The standard InChI is InChI=1S/C38H42FN5O5S/c1-5-6-16-34-40-38(19-9-10-20-38)37(46)44(34)23-27-17-18-31(29(21-27)24-43(4)36(45)28-12-11-13-30(39)22-28)32-14-7-8-15-33(32)50(47,48)42-35-25(2)26(3)49-41-35/h7-8,11-15,17-18,21-22H,5-6,9-10,16,19-20,23-24H2,1-4H3,(H,41,42). The Balaban J connectivity index is 1.39. The summed E-state index contributed by atoms with van der Waals surface area (Å²) in [6.07, 6.45) is 6.06. The van der Waals surface area contributed by atoms with Gasteiger partial charge in [-0.15, -0.1) is 0 Å². The predicted octanol–water partition coefficient (Wildman–Crippen LogP) is 7.41. The number of aryl methyl sites for hydroxylation is 1. The quantitative estimate of drug-likeness (QED) is 0.164. The summed E-state index contributed by atoms with van der Waals surface area (Å²) in [6, 6.07) is 17.8. The number of amides is 2. The molecule has 1 fully saturated rings. The van der Waals surface area contributed by atoms with Crippen molar-refractivity contribution < 1.29 is 26.9 Å². The number of anilines is 1. The van der Waals surface area contributed by atoms with Gasteiger partial charge in [0, 0.05) is 36.7 Å². The van der Waals surface area contributed by atoms with Gasteiger partial charge in [-0.3, -0.25) is 24.2 Å². The topological polar surface area (TPSA) is 125 Å². The molecule has 0 atom stereocenters. The summed E-state index contributed by atoms with van der Waals surface area (Å²) in [5.74, 6) is 0.524. The predicted molar refractivity (Wildman–Crippen MR) is 190 cm³/mol. The van der Waals surface area contributed by atoms with Gasteiger partial charge in [0.15, 0.2) is 5.82 Å². The average Bonchev–Trinajstić information content (AvgIpc) is 3.78. The van der Waals surface area contributed by atoms with Gasteiger partial charge >= 0.3 is 0 Å². The molecule has 262 valence electrons. The Morgan fingerprint density at radius 1 is 1.04 bits per heavy atom. The highest BCUT2D eigenvalue weighted by atomic mass is 32.2. The average molecular weight is 700 g/mol. The smallest absolute Gasteiger partial charge is 0.263 e. The van der Waals surface area contributed by atoms with Crippen LogP contribution in [0.5, 0.6) is 0 Å². The summed E-state index contributed by atoms with van der Waals surface area (Å²) in [4.78, 5) is 35.7. The SMILES string of the molecule is CCCCC1=NC2(CCCC2)C(=O)N1Cc1ccc(-c2ccccc2S(=O)(=O)Nc2noc(C)c2C)c(CN(C)C(=O)c2cccc(F)c2)c1. The van der Waals surface area contributed by atoms with Crippen LogP contribution >= 0.6 is 0 Å². The molecule has 1 saturated carbocycles. The molecule has 0 saturated heterocycles. The lowest BCUT2D eigenvalue weighted by Gasteiger charge is -2.24. The van der Waals surface area contributed by atoms with Crippen LogP contribution in [-0.4, -0.2) is 53.6 Å². The number of nitrogens with one attached hydrogen (secondary N) is 1. The fourth-order valence-electron chi connectivity index (χ4n) is 6.81. The zero-order chi connectivity index (χ0) is 35.6. The van der Waals surface area contributed by atoms with Gasteiger partial charge in [-0.05, 0) is 74.1 Å². The van der Waals surface area contributed by atoms with E-state index in [1.165, 1.54) is 29.2 Å². The van der Waals surface area contributed by atoms with Crippen LogP contribution in [0.25, 0.3) is 11.1 Å². The summed E-state index contributed by atoms with van der Waals surface area (Å²) in [7, 11) is -2.52. The van der Waals surface area contributed by atoms with Crippen molar-refractivity contribution in [2.45, 2.75) is 89.2 Å². The minimum absolute atomic E-state index is 0.0139. The molecule has 2 heterocycles. The number of carbonyl (C=O) groups excluding carboxylic acids is 2. The van der Waals surface area contributed by atoms with Crippen molar-refractivity contribution >= 4 is 33.5 Å². The van der Waals surface area contributed by atoms with E-state index in [0.29, 0.717) is 41.0 Å². The highest BCUT2D eigenvalue weighted by molar-refractivity contribution is 7.92. The van der Waals surface area contributed by atoms with E-state index >= 15 is 0 Å². The molecule has 2 amide bonds. The summed E-state index contributed by atoms with van der Waals surface area (Å²) in [6.45, 7) is 5.91. The van der Waals surface area contributed by atoms with E-state index in [0.717, 1.165) is 49.9 Å². The van der Waals surface area contributed by atoms with E-state index in [2.05, 4.69) is 16.8 Å². The van der Waals surface area contributed by atoms with Gasteiger partial charge < -0.3 is 9.42 Å². The molecule has 2 aliphatic rings. The van der Waals surface area contributed by atoms with Gasteiger partial charge in [0.1, 0.15) is 23.0 Å². The minimum Gasteiger partial charge on any atom is -0.359 e. The van der Waals surface area contributed by atoms with E-state index in [4.69, 9.17) is 9.52 Å². The number of carbonyl (C=O) groups is 2. The van der Waals surface area contributed by atoms with Crippen LogP contribution in [0, 0.1) is 19.7 Å². The molecular weight excluding hydrogens is 658 g/mol. The van der Waals surface area contributed by atoms with Crippen molar-refractivity contribution in [1.29, 1.82) is 0 Å². The first-order valence-electron chi connectivity index (χ1n) is 17.0. The Morgan fingerprint density at radius 3 is 2.50 bits per heavy atom. The first-order valence-corrected chi connectivity index (χ1v) is 18.5. The van der Waals surface area contributed by atoms with Crippen molar-refractivity contribution in [2.75, 3.05) is 11.8 Å². The zero-order valence-corrected chi connectivity index (χ0v) is 29.6. The van der Waals surface area contributed by atoms with Crippen molar-refractivity contribution in [3.05, 3.63) is 101 Å². The Bertz CT molecular complexity index is 2070. The van der Waals surface area contributed by atoms with E-state index in [-0.39, 0.29) is 28.7 Å². The highest BCUT2D eigenvalue weighted by Gasteiger charge is 2.49. The number of aromatic nitrogens is 1. The summed E-state index contributed by atoms with van der Waals surface area (Å²) >= 11 is 0. The molecule has 1 aromatic heterocycles. The number of rotatable bonds is 12. The summed E-state index contributed by atoms with van der Waals surface area (Å²) in [5, 5.41) is 3.88. The van der Waals surface area contributed by atoms with Gasteiger partial charge in [0.2, 0.25) is 0 Å². The van der Waals surface area contributed by atoms with E-state index in [1.807, 2.05) is 23.1 Å². The molecule has 3 aromatic carbocycles. The number of hydrogen-bond donors (Lipinski definition) is 1. The van der Waals surface area contributed by atoms with Gasteiger partial charge in [0.05, 0.1) is 11.4 Å². The van der Waals surface area contributed by atoms with Gasteiger partial charge in [0.25, 0.3) is 21.8 Å². The number of hydrogen-bond acceptors (Lipinski definition) is 7.